The number of carbonyl (C=O) groups is 1. The zero-order valence-corrected chi connectivity index (χ0v) is 14.0. The van der Waals surface area contributed by atoms with E-state index in [0.29, 0.717) is 13.0 Å². The summed E-state index contributed by atoms with van der Waals surface area (Å²) in [6, 6.07) is 4.23. The first kappa shape index (κ1) is 17.7. The molecule has 4 heteroatoms. The van der Waals surface area contributed by atoms with Crippen molar-refractivity contribution in [2.45, 2.75) is 33.6 Å². The molecule has 0 radical (unpaired) electrons. The predicted octanol–water partition coefficient (Wildman–Crippen LogP) is 3.33. The first-order chi connectivity index (χ1) is 9.49. The summed E-state index contributed by atoms with van der Waals surface area (Å²) >= 11 is 0. The highest BCUT2D eigenvalue weighted by Gasteiger charge is 2.35. The Morgan fingerprint density at radius 1 is 1.24 bits per heavy atom. The molecule has 1 aliphatic carbocycles. The summed E-state index contributed by atoms with van der Waals surface area (Å²) in [5, 5.41) is 0. The van der Waals surface area contributed by atoms with Crippen molar-refractivity contribution in [1.82, 2.24) is 0 Å². The van der Waals surface area contributed by atoms with Crippen molar-refractivity contribution in [2.24, 2.45) is 11.7 Å². The molecule has 0 fully saturated rings. The quantitative estimate of drug-likeness (QED) is 0.928. The van der Waals surface area contributed by atoms with Crippen LogP contribution in [0.5, 0.6) is 0 Å². The molecular weight excluding hydrogens is 286 g/mol. The molecule has 1 atom stereocenters. The van der Waals surface area contributed by atoms with Crippen molar-refractivity contribution in [3.63, 3.8) is 0 Å². The molecule has 0 saturated carbocycles. The number of nitrogens with two attached hydrogens (primary N) is 1. The van der Waals surface area contributed by atoms with Crippen LogP contribution in [0.2, 0.25) is 0 Å². The fourth-order valence-electron chi connectivity index (χ4n) is 3.22. The van der Waals surface area contributed by atoms with Crippen LogP contribution >= 0.6 is 12.4 Å². The number of Topliss-reactive ketones (excluding diaryl/α,β-unsaturated/α-hetero) is 1. The number of methoxy groups -OCH3 is 1. The third kappa shape index (κ3) is 3.30. The van der Waals surface area contributed by atoms with E-state index < -0.39 is 0 Å². The van der Waals surface area contributed by atoms with Crippen LogP contribution in [-0.2, 0) is 9.53 Å². The zero-order chi connectivity index (χ0) is 14.9. The van der Waals surface area contributed by atoms with Gasteiger partial charge in [0.2, 0.25) is 0 Å². The summed E-state index contributed by atoms with van der Waals surface area (Å²) < 4.78 is 5.48. The van der Waals surface area contributed by atoms with Crippen LogP contribution in [-0.4, -0.2) is 19.4 Å². The summed E-state index contributed by atoms with van der Waals surface area (Å²) in [6.45, 7) is 6.72. The van der Waals surface area contributed by atoms with Crippen LogP contribution in [0.15, 0.2) is 17.9 Å². The van der Waals surface area contributed by atoms with Crippen LogP contribution < -0.4 is 5.73 Å². The van der Waals surface area contributed by atoms with Crippen molar-refractivity contribution in [3.8, 4) is 0 Å². The molecule has 2 N–H and O–H groups in total. The van der Waals surface area contributed by atoms with Gasteiger partial charge in [-0.2, -0.15) is 0 Å². The van der Waals surface area contributed by atoms with Crippen LogP contribution in [0.3, 0.4) is 0 Å². The van der Waals surface area contributed by atoms with E-state index in [1.807, 2.05) is 0 Å². The number of allylic oxidation sites excluding steroid dienone is 2. The summed E-state index contributed by atoms with van der Waals surface area (Å²) in [6.07, 6.45) is 1.40. The third-order valence-corrected chi connectivity index (χ3v) is 4.02. The number of aryl methyl sites for hydroxylation is 3. The van der Waals surface area contributed by atoms with Gasteiger partial charge in [0.1, 0.15) is 5.76 Å². The fourth-order valence-corrected chi connectivity index (χ4v) is 3.22. The van der Waals surface area contributed by atoms with Gasteiger partial charge in [-0.25, -0.2) is 0 Å². The van der Waals surface area contributed by atoms with E-state index in [4.69, 9.17) is 10.5 Å². The average Bonchev–Trinajstić information content (AvgIpc) is 2.67. The minimum Gasteiger partial charge on any atom is -0.500 e. The maximum absolute atomic E-state index is 12.7. The average molecular weight is 310 g/mol. The van der Waals surface area contributed by atoms with Gasteiger partial charge in [0, 0.05) is 12.3 Å². The van der Waals surface area contributed by atoms with Gasteiger partial charge in [0.05, 0.1) is 12.7 Å². The zero-order valence-electron chi connectivity index (χ0n) is 13.2. The van der Waals surface area contributed by atoms with Gasteiger partial charge in [-0.1, -0.05) is 17.7 Å². The van der Waals surface area contributed by atoms with Gasteiger partial charge >= 0.3 is 0 Å². The van der Waals surface area contributed by atoms with Crippen molar-refractivity contribution in [3.05, 3.63) is 40.1 Å². The Kier molecular flexibility index (Phi) is 5.99. The molecule has 3 nitrogen and oxygen atoms in total. The second-order valence-electron chi connectivity index (χ2n) is 5.62. The molecule has 1 aliphatic rings. The number of hydrogen-bond donors (Lipinski definition) is 1. The van der Waals surface area contributed by atoms with Gasteiger partial charge in [0.15, 0.2) is 5.78 Å². The van der Waals surface area contributed by atoms with Crippen LogP contribution in [0.4, 0.5) is 0 Å². The van der Waals surface area contributed by atoms with Crippen molar-refractivity contribution >= 4 is 23.8 Å². The second-order valence-corrected chi connectivity index (χ2v) is 5.62. The summed E-state index contributed by atoms with van der Waals surface area (Å²) in [5.74, 6) is 0.968. The Morgan fingerprint density at radius 2 is 1.81 bits per heavy atom. The normalized spacial score (nSPS) is 18.0. The Morgan fingerprint density at radius 3 is 2.29 bits per heavy atom. The Balaban J connectivity index is 0.00000220. The van der Waals surface area contributed by atoms with E-state index in [1.54, 1.807) is 7.11 Å². The standard InChI is InChI=1S/C17H23NO2.ClH/c1-10-7-11(2)15(12(3)8-10)16-14(20-4)9-13(5-6-18)17(16)19;/h7-8,13H,5-6,9,18H2,1-4H3;1H. The Bertz CT molecular complexity index is 555. The highest BCUT2D eigenvalue weighted by atomic mass is 35.5. The molecule has 116 valence electrons. The Labute approximate surface area is 133 Å². The summed E-state index contributed by atoms with van der Waals surface area (Å²) in [5.41, 5.74) is 10.9. The number of hydrogen-bond acceptors (Lipinski definition) is 3. The molecule has 0 bridgehead atoms. The Hall–Kier alpha value is -1.32. The molecule has 21 heavy (non-hydrogen) atoms. The van der Waals surface area contributed by atoms with Gasteiger partial charge in [0.25, 0.3) is 0 Å². The molecule has 0 saturated heterocycles. The molecular formula is C17H24ClNO2. The minimum absolute atomic E-state index is 0. The number of halogens is 1. The van der Waals surface area contributed by atoms with E-state index >= 15 is 0 Å². The maximum Gasteiger partial charge on any atom is 0.170 e. The highest BCUT2D eigenvalue weighted by molar-refractivity contribution is 6.25. The first-order valence-electron chi connectivity index (χ1n) is 7.09. The van der Waals surface area contributed by atoms with Crippen molar-refractivity contribution in [1.29, 1.82) is 0 Å². The first-order valence-corrected chi connectivity index (χ1v) is 7.09. The van der Waals surface area contributed by atoms with E-state index in [-0.39, 0.29) is 24.1 Å². The van der Waals surface area contributed by atoms with E-state index in [2.05, 4.69) is 32.9 Å². The molecule has 0 aliphatic heterocycles. The highest BCUT2D eigenvalue weighted by Crippen LogP contribution is 2.39. The van der Waals surface area contributed by atoms with Gasteiger partial charge < -0.3 is 10.5 Å². The lowest BCUT2D eigenvalue weighted by Gasteiger charge is -2.14. The molecule has 1 aromatic carbocycles. The predicted molar refractivity (Wildman–Crippen MR) is 88.6 cm³/mol. The van der Waals surface area contributed by atoms with E-state index in [1.165, 1.54) is 5.56 Å². The molecule has 2 rings (SSSR count). The number of ether oxygens (including phenoxy) is 1. The molecule has 0 heterocycles. The topological polar surface area (TPSA) is 52.3 Å². The van der Waals surface area contributed by atoms with Gasteiger partial charge in [-0.15, -0.1) is 12.4 Å². The maximum atomic E-state index is 12.7. The lowest BCUT2D eigenvalue weighted by atomic mass is 9.90. The van der Waals surface area contributed by atoms with Crippen molar-refractivity contribution < 1.29 is 9.53 Å². The van der Waals surface area contributed by atoms with Crippen LogP contribution in [0, 0.1) is 26.7 Å². The number of benzene rings is 1. The molecule has 0 aromatic heterocycles. The van der Waals surface area contributed by atoms with Crippen LogP contribution in [0.1, 0.15) is 35.1 Å². The smallest absolute Gasteiger partial charge is 0.170 e. The largest absolute Gasteiger partial charge is 0.500 e. The molecule has 0 spiro atoms. The number of rotatable bonds is 4. The van der Waals surface area contributed by atoms with E-state index in [9.17, 15) is 4.79 Å². The van der Waals surface area contributed by atoms with Gasteiger partial charge in [-0.05, 0) is 50.4 Å². The third-order valence-electron chi connectivity index (χ3n) is 4.02. The molecule has 1 unspecified atom stereocenters. The van der Waals surface area contributed by atoms with E-state index in [0.717, 1.165) is 34.4 Å². The summed E-state index contributed by atoms with van der Waals surface area (Å²) in [7, 11) is 1.65. The van der Waals surface area contributed by atoms with Crippen LogP contribution in [0.25, 0.3) is 5.57 Å². The molecule has 0 amide bonds. The minimum atomic E-state index is -0.0231. The number of ketones is 1. The SMILES string of the molecule is COC1=C(c2c(C)cc(C)cc2C)C(=O)C(CCN)C1.Cl. The van der Waals surface area contributed by atoms with Gasteiger partial charge in [-0.3, -0.25) is 4.79 Å². The fraction of sp³-hybridized carbons (Fsp3) is 0.471. The monoisotopic (exact) mass is 309 g/mol. The van der Waals surface area contributed by atoms with Crippen molar-refractivity contribution in [2.75, 3.05) is 13.7 Å². The lowest BCUT2D eigenvalue weighted by molar-refractivity contribution is -0.116. The lowest BCUT2D eigenvalue weighted by Crippen LogP contribution is -2.15. The molecule has 1 aromatic rings. The summed E-state index contributed by atoms with van der Waals surface area (Å²) in [4.78, 5) is 12.7. The second kappa shape index (κ2) is 7.10. The number of carbonyl (C=O) groups excluding carboxylic acids is 1.